The number of hydrogen-bond donors (Lipinski definition) is 1. The highest BCUT2D eigenvalue weighted by atomic mass is 32.2. The van der Waals surface area contributed by atoms with Gasteiger partial charge >= 0.3 is 0 Å². The molecular weight excluding hydrogens is 272 g/mol. The van der Waals surface area contributed by atoms with E-state index >= 15 is 0 Å². The fraction of sp³-hybridized carbons (Fsp3) is 0.867. The third kappa shape index (κ3) is 8.05. The lowest BCUT2D eigenvalue weighted by Gasteiger charge is -2.25. The zero-order chi connectivity index (χ0) is 15.3. The molecule has 0 heterocycles. The summed E-state index contributed by atoms with van der Waals surface area (Å²) in [6.07, 6.45) is 3.45. The molecule has 2 atom stereocenters. The summed E-state index contributed by atoms with van der Waals surface area (Å²) in [6.45, 7) is 14.7. The lowest BCUT2D eigenvalue weighted by Crippen LogP contribution is -2.31. The van der Waals surface area contributed by atoms with Crippen LogP contribution in [0.15, 0.2) is 10.6 Å². The molecule has 4 heteroatoms. The molecule has 0 aliphatic heterocycles. The van der Waals surface area contributed by atoms with Gasteiger partial charge in [-0.05, 0) is 27.2 Å². The molecule has 0 saturated carbocycles. The Balaban J connectivity index is 5.09. The van der Waals surface area contributed by atoms with E-state index in [1.54, 1.807) is 0 Å². The summed E-state index contributed by atoms with van der Waals surface area (Å²) in [7, 11) is -2.60. The maximum absolute atomic E-state index is 12.6. The van der Waals surface area contributed by atoms with E-state index in [1.165, 1.54) is 0 Å². The Bertz CT molecular complexity index is 324. The fourth-order valence-corrected chi connectivity index (χ4v) is 5.39. The van der Waals surface area contributed by atoms with Crippen molar-refractivity contribution in [3.63, 3.8) is 0 Å². The van der Waals surface area contributed by atoms with E-state index in [9.17, 15) is 9.32 Å². The van der Waals surface area contributed by atoms with E-state index in [1.807, 2.05) is 20.8 Å². The van der Waals surface area contributed by atoms with Crippen molar-refractivity contribution < 1.29 is 9.32 Å². The Morgan fingerprint density at radius 1 is 1.26 bits per heavy atom. The molecule has 0 saturated heterocycles. The van der Waals surface area contributed by atoms with E-state index in [0.717, 1.165) is 30.6 Å². The van der Waals surface area contributed by atoms with Crippen LogP contribution in [0, 0.1) is 0 Å². The molecule has 0 amide bonds. The molecule has 0 aromatic heterocycles. The molecule has 1 unspecified atom stereocenters. The van der Waals surface area contributed by atoms with Crippen LogP contribution in [0.1, 0.15) is 53.4 Å². The number of aliphatic hydroxyl groups is 1. The minimum Gasteiger partial charge on any atom is -0.388 e. The van der Waals surface area contributed by atoms with Gasteiger partial charge in [0.2, 0.25) is 0 Å². The molecule has 0 fully saturated rings. The number of hydrogen-bond acceptors (Lipinski definition) is 2. The summed E-state index contributed by atoms with van der Waals surface area (Å²) < 4.78 is 12.3. The van der Waals surface area contributed by atoms with Crippen LogP contribution in [-0.2, 0) is 10.8 Å². The van der Waals surface area contributed by atoms with Crippen molar-refractivity contribution in [2.75, 3.05) is 0 Å². The highest BCUT2D eigenvalue weighted by molar-refractivity contribution is 7.90. The summed E-state index contributed by atoms with van der Waals surface area (Å²) in [5.74, 6) is 0. The summed E-state index contributed by atoms with van der Waals surface area (Å²) in [4.78, 5) is 0.766. The normalized spacial score (nSPS) is 17.4. The highest BCUT2D eigenvalue weighted by Gasteiger charge is 2.29. The second-order valence-corrected chi connectivity index (χ2v) is 14.6. The second kappa shape index (κ2) is 7.74. The van der Waals surface area contributed by atoms with Gasteiger partial charge < -0.3 is 5.11 Å². The van der Waals surface area contributed by atoms with E-state index in [-0.39, 0.29) is 4.75 Å². The summed E-state index contributed by atoms with van der Waals surface area (Å²) >= 11 is 0. The van der Waals surface area contributed by atoms with Gasteiger partial charge in [-0.1, -0.05) is 51.5 Å². The standard InChI is InChI=1S/C15H32O2SSi/c1-8-9-10-11-13(16)14(12-19(5,6)7)18(17)15(2,3)4/h12-13,16H,8-11H2,1-7H3/b14-12+/t13-,18?/m0/s1. The molecule has 0 spiro atoms. The lowest BCUT2D eigenvalue weighted by atomic mass is 10.1. The van der Waals surface area contributed by atoms with Gasteiger partial charge in [0.05, 0.1) is 25.0 Å². The quantitative estimate of drug-likeness (QED) is 0.564. The smallest absolute Gasteiger partial charge is 0.0866 e. The Labute approximate surface area is 123 Å². The van der Waals surface area contributed by atoms with Crippen molar-refractivity contribution in [3.05, 3.63) is 10.6 Å². The predicted molar refractivity (Wildman–Crippen MR) is 89.5 cm³/mol. The fourth-order valence-electron chi connectivity index (χ4n) is 1.78. The first kappa shape index (κ1) is 19.1. The van der Waals surface area contributed by atoms with Gasteiger partial charge in [0.25, 0.3) is 0 Å². The van der Waals surface area contributed by atoms with Crippen LogP contribution in [-0.4, -0.2) is 28.2 Å². The van der Waals surface area contributed by atoms with Crippen LogP contribution in [0.2, 0.25) is 19.6 Å². The third-order valence-electron chi connectivity index (χ3n) is 2.76. The third-order valence-corrected chi connectivity index (χ3v) is 6.07. The van der Waals surface area contributed by atoms with E-state index < -0.39 is 25.0 Å². The molecule has 19 heavy (non-hydrogen) atoms. The maximum Gasteiger partial charge on any atom is 0.0866 e. The van der Waals surface area contributed by atoms with Crippen LogP contribution in [0.4, 0.5) is 0 Å². The second-order valence-electron chi connectivity index (χ2n) is 7.31. The van der Waals surface area contributed by atoms with Crippen molar-refractivity contribution >= 4 is 18.9 Å². The topological polar surface area (TPSA) is 37.3 Å². The SMILES string of the molecule is CCCCC[C@H](O)/C(=C\[Si](C)(C)C)S(=O)C(C)(C)C. The van der Waals surface area contributed by atoms with Crippen LogP contribution in [0.25, 0.3) is 0 Å². The molecule has 2 nitrogen and oxygen atoms in total. The van der Waals surface area contributed by atoms with Crippen LogP contribution in [0.3, 0.4) is 0 Å². The van der Waals surface area contributed by atoms with Crippen LogP contribution < -0.4 is 0 Å². The highest BCUT2D eigenvalue weighted by Crippen LogP contribution is 2.26. The molecule has 0 aliphatic rings. The van der Waals surface area contributed by atoms with Crippen molar-refractivity contribution in [2.24, 2.45) is 0 Å². The summed E-state index contributed by atoms with van der Waals surface area (Å²) in [5.41, 5.74) is 2.13. The summed E-state index contributed by atoms with van der Waals surface area (Å²) in [6, 6.07) is 0. The number of aliphatic hydroxyl groups excluding tert-OH is 1. The van der Waals surface area contributed by atoms with Crippen molar-refractivity contribution in [1.82, 2.24) is 0 Å². The lowest BCUT2D eigenvalue weighted by molar-refractivity contribution is 0.204. The largest absolute Gasteiger partial charge is 0.388 e. The Kier molecular flexibility index (Phi) is 7.77. The first-order valence-corrected chi connectivity index (χ1v) is 12.0. The Hall–Kier alpha value is 0.0669. The minimum absolute atomic E-state index is 0.308. The zero-order valence-electron chi connectivity index (χ0n) is 13.7. The van der Waals surface area contributed by atoms with Gasteiger partial charge in [0, 0.05) is 9.65 Å². The average molecular weight is 305 g/mol. The van der Waals surface area contributed by atoms with E-state index in [0.29, 0.717) is 0 Å². The molecule has 0 radical (unpaired) electrons. The maximum atomic E-state index is 12.6. The molecule has 1 N–H and O–H groups in total. The van der Waals surface area contributed by atoms with Gasteiger partial charge in [-0.15, -0.1) is 0 Å². The first-order chi connectivity index (χ1) is 8.49. The van der Waals surface area contributed by atoms with E-state index in [2.05, 4.69) is 32.3 Å². The van der Waals surface area contributed by atoms with Gasteiger partial charge in [-0.25, -0.2) is 0 Å². The monoisotopic (exact) mass is 304 g/mol. The Morgan fingerprint density at radius 2 is 1.79 bits per heavy atom. The molecule has 0 rings (SSSR count). The zero-order valence-corrected chi connectivity index (χ0v) is 15.6. The number of rotatable bonds is 7. The molecule has 0 aromatic rings. The summed E-state index contributed by atoms with van der Waals surface area (Å²) in [5, 5.41) is 10.4. The van der Waals surface area contributed by atoms with Crippen LogP contribution >= 0.6 is 0 Å². The average Bonchev–Trinajstić information content (AvgIpc) is 2.22. The molecule has 0 bridgehead atoms. The van der Waals surface area contributed by atoms with Crippen molar-refractivity contribution in [2.45, 2.75) is 83.9 Å². The Morgan fingerprint density at radius 3 is 2.16 bits per heavy atom. The molecule has 0 aliphatic carbocycles. The van der Waals surface area contributed by atoms with Crippen molar-refractivity contribution in [1.29, 1.82) is 0 Å². The van der Waals surface area contributed by atoms with Gasteiger partial charge in [-0.3, -0.25) is 4.21 Å². The van der Waals surface area contributed by atoms with E-state index in [4.69, 9.17) is 0 Å². The molecule has 114 valence electrons. The molecular formula is C15H32O2SSi. The first-order valence-electron chi connectivity index (χ1n) is 7.31. The minimum atomic E-state index is -1.49. The van der Waals surface area contributed by atoms with Gasteiger partial charge in [-0.2, -0.15) is 0 Å². The predicted octanol–water partition coefficient (Wildman–Crippen LogP) is 4.24. The van der Waals surface area contributed by atoms with Gasteiger partial charge in [0.1, 0.15) is 0 Å². The van der Waals surface area contributed by atoms with Gasteiger partial charge in [0.15, 0.2) is 0 Å². The van der Waals surface area contributed by atoms with Crippen molar-refractivity contribution in [3.8, 4) is 0 Å². The molecule has 0 aromatic carbocycles. The van der Waals surface area contributed by atoms with Crippen LogP contribution in [0.5, 0.6) is 0 Å². The number of unbranched alkanes of at least 4 members (excludes halogenated alkanes) is 2.